The standard InChI is InChI=1S/C38H36N4O3/c1-27-35(40-28(2)45-27)16-17-37(43)42(25-30-12-14-32(15-13-30)33-18-21-39-22-19-33)36(24-29-8-4-3-5-9-29)38(44)41-23-20-31-10-6-7-11-34(31)26-41/h3-19,21-22,36H,20,23-26H2,1-2H3/b17-16+/t36-/m0/s1. The zero-order valence-corrected chi connectivity index (χ0v) is 25.6. The van der Waals surface area contributed by atoms with Crippen LogP contribution in [0.2, 0.25) is 0 Å². The van der Waals surface area contributed by atoms with E-state index in [0.717, 1.165) is 34.2 Å². The van der Waals surface area contributed by atoms with Gasteiger partial charge in [-0.3, -0.25) is 14.6 Å². The van der Waals surface area contributed by atoms with Crippen molar-refractivity contribution in [3.8, 4) is 11.1 Å². The van der Waals surface area contributed by atoms with Gasteiger partial charge in [0, 0.05) is 51.4 Å². The number of carbonyl (C=O) groups is 2. The van der Waals surface area contributed by atoms with Crippen LogP contribution in [0.1, 0.15) is 39.6 Å². The fourth-order valence-corrected chi connectivity index (χ4v) is 5.89. The van der Waals surface area contributed by atoms with E-state index < -0.39 is 6.04 Å². The number of oxazole rings is 1. The largest absolute Gasteiger partial charge is 0.446 e. The average Bonchev–Trinajstić information content (AvgIpc) is 3.41. The van der Waals surface area contributed by atoms with Gasteiger partial charge in [-0.25, -0.2) is 4.98 Å². The Morgan fingerprint density at radius 2 is 1.56 bits per heavy atom. The smallest absolute Gasteiger partial charge is 0.247 e. The second-order valence-corrected chi connectivity index (χ2v) is 11.4. The van der Waals surface area contributed by atoms with Crippen LogP contribution in [-0.2, 0) is 35.5 Å². The Labute approximate surface area is 263 Å². The second-order valence-electron chi connectivity index (χ2n) is 11.4. The number of amides is 2. The Bertz CT molecular complexity index is 1800. The molecule has 3 heterocycles. The van der Waals surface area contributed by atoms with Crippen molar-refractivity contribution in [2.45, 2.75) is 45.8 Å². The van der Waals surface area contributed by atoms with Gasteiger partial charge >= 0.3 is 0 Å². The summed E-state index contributed by atoms with van der Waals surface area (Å²) in [6, 6.07) is 29.5. The Balaban J connectivity index is 1.35. The summed E-state index contributed by atoms with van der Waals surface area (Å²) in [6.07, 6.45) is 7.91. The SMILES string of the molecule is Cc1nc(/C=C/C(=O)N(Cc2ccc(-c3ccncc3)cc2)[C@@H](Cc2ccccc2)C(=O)N2CCc3ccccc3C2)c(C)o1. The van der Waals surface area contributed by atoms with Gasteiger partial charge in [0.25, 0.3) is 0 Å². The van der Waals surface area contributed by atoms with Gasteiger partial charge in [0.2, 0.25) is 11.8 Å². The first-order chi connectivity index (χ1) is 21.9. The minimum absolute atomic E-state index is 0.0584. The van der Waals surface area contributed by atoms with Crippen molar-refractivity contribution in [2.75, 3.05) is 6.54 Å². The second kappa shape index (κ2) is 13.6. The summed E-state index contributed by atoms with van der Waals surface area (Å²) in [5.41, 5.74) is 7.05. The highest BCUT2D eigenvalue weighted by atomic mass is 16.4. The number of carbonyl (C=O) groups excluding carboxylic acids is 2. The van der Waals surface area contributed by atoms with Gasteiger partial charge in [-0.05, 0) is 64.9 Å². The van der Waals surface area contributed by atoms with E-state index in [2.05, 4.69) is 22.1 Å². The van der Waals surface area contributed by atoms with Gasteiger partial charge in [-0.15, -0.1) is 0 Å². The Kier molecular flexibility index (Phi) is 8.96. The van der Waals surface area contributed by atoms with Crippen LogP contribution in [0.4, 0.5) is 0 Å². The number of rotatable bonds is 9. The first-order valence-corrected chi connectivity index (χ1v) is 15.3. The summed E-state index contributed by atoms with van der Waals surface area (Å²) < 4.78 is 5.57. The molecule has 5 aromatic rings. The molecule has 226 valence electrons. The van der Waals surface area contributed by atoms with Crippen LogP contribution >= 0.6 is 0 Å². The summed E-state index contributed by atoms with van der Waals surface area (Å²) in [4.78, 5) is 40.8. The zero-order valence-electron chi connectivity index (χ0n) is 25.6. The molecule has 6 rings (SSSR count). The number of nitrogens with zero attached hydrogens (tertiary/aromatic N) is 4. The van der Waals surface area contributed by atoms with E-state index in [1.54, 1.807) is 30.3 Å². The lowest BCUT2D eigenvalue weighted by Gasteiger charge is -2.37. The molecule has 0 spiro atoms. The number of aromatic nitrogens is 2. The summed E-state index contributed by atoms with van der Waals surface area (Å²) in [5, 5.41) is 0. The number of hydrogen-bond acceptors (Lipinski definition) is 5. The number of hydrogen-bond donors (Lipinski definition) is 0. The van der Waals surface area contributed by atoms with E-state index in [1.807, 2.05) is 90.7 Å². The highest BCUT2D eigenvalue weighted by Gasteiger charge is 2.34. The lowest BCUT2D eigenvalue weighted by molar-refractivity contribution is -0.144. The highest BCUT2D eigenvalue weighted by Crippen LogP contribution is 2.24. The summed E-state index contributed by atoms with van der Waals surface area (Å²) >= 11 is 0. The molecule has 0 aliphatic carbocycles. The first-order valence-electron chi connectivity index (χ1n) is 15.3. The van der Waals surface area contributed by atoms with Crippen LogP contribution in [0.5, 0.6) is 0 Å². The maximum absolute atomic E-state index is 14.5. The van der Waals surface area contributed by atoms with E-state index in [1.165, 1.54) is 11.6 Å². The third-order valence-electron chi connectivity index (χ3n) is 8.30. The van der Waals surface area contributed by atoms with Crippen molar-refractivity contribution in [1.29, 1.82) is 0 Å². The molecule has 1 atom stereocenters. The minimum atomic E-state index is -0.713. The van der Waals surface area contributed by atoms with E-state index in [-0.39, 0.29) is 18.4 Å². The van der Waals surface area contributed by atoms with Gasteiger partial charge in [0.05, 0.1) is 0 Å². The maximum Gasteiger partial charge on any atom is 0.247 e. The Hall–Kier alpha value is -5.30. The lowest BCUT2D eigenvalue weighted by Crippen LogP contribution is -2.52. The minimum Gasteiger partial charge on any atom is -0.446 e. The molecular weight excluding hydrogens is 560 g/mol. The molecule has 0 saturated carbocycles. The van der Waals surface area contributed by atoms with Crippen LogP contribution in [0, 0.1) is 13.8 Å². The van der Waals surface area contributed by atoms with Crippen molar-refractivity contribution in [1.82, 2.24) is 19.8 Å². The molecule has 3 aromatic carbocycles. The fraction of sp³-hybridized carbons (Fsp3) is 0.211. The molecular formula is C38H36N4O3. The Morgan fingerprint density at radius 3 is 2.27 bits per heavy atom. The molecule has 1 aliphatic heterocycles. The third kappa shape index (κ3) is 7.10. The van der Waals surface area contributed by atoms with Crippen molar-refractivity contribution < 1.29 is 14.0 Å². The Morgan fingerprint density at radius 1 is 0.867 bits per heavy atom. The fourth-order valence-electron chi connectivity index (χ4n) is 5.89. The van der Waals surface area contributed by atoms with Crippen LogP contribution in [0.15, 0.2) is 114 Å². The van der Waals surface area contributed by atoms with Crippen LogP contribution in [0.3, 0.4) is 0 Å². The molecule has 0 bridgehead atoms. The number of pyridine rings is 1. The quantitative estimate of drug-likeness (QED) is 0.179. The molecule has 2 aromatic heterocycles. The lowest BCUT2D eigenvalue weighted by atomic mass is 9.97. The van der Waals surface area contributed by atoms with Crippen molar-refractivity contribution in [3.05, 3.63) is 149 Å². The van der Waals surface area contributed by atoms with E-state index in [0.29, 0.717) is 36.9 Å². The highest BCUT2D eigenvalue weighted by molar-refractivity contribution is 5.95. The van der Waals surface area contributed by atoms with Gasteiger partial charge in [-0.1, -0.05) is 78.9 Å². The molecule has 2 amide bonds. The number of benzene rings is 3. The molecule has 45 heavy (non-hydrogen) atoms. The third-order valence-corrected chi connectivity index (χ3v) is 8.30. The molecule has 0 saturated heterocycles. The van der Waals surface area contributed by atoms with Gasteiger partial charge in [0.15, 0.2) is 5.89 Å². The molecule has 7 nitrogen and oxygen atoms in total. The molecule has 0 radical (unpaired) electrons. The maximum atomic E-state index is 14.5. The monoisotopic (exact) mass is 596 g/mol. The number of aryl methyl sites for hydroxylation is 2. The normalized spacial score (nSPS) is 13.4. The predicted molar refractivity (Wildman–Crippen MR) is 175 cm³/mol. The van der Waals surface area contributed by atoms with Crippen LogP contribution in [-0.4, -0.2) is 44.2 Å². The van der Waals surface area contributed by atoms with Gasteiger partial charge in [-0.2, -0.15) is 0 Å². The van der Waals surface area contributed by atoms with Gasteiger partial charge < -0.3 is 14.2 Å². The van der Waals surface area contributed by atoms with Crippen molar-refractivity contribution in [2.24, 2.45) is 0 Å². The average molecular weight is 597 g/mol. The predicted octanol–water partition coefficient (Wildman–Crippen LogP) is 6.59. The molecule has 0 fully saturated rings. The van der Waals surface area contributed by atoms with Gasteiger partial charge in [0.1, 0.15) is 17.5 Å². The van der Waals surface area contributed by atoms with E-state index in [4.69, 9.17) is 4.42 Å². The topological polar surface area (TPSA) is 79.5 Å². The zero-order chi connectivity index (χ0) is 31.2. The molecule has 7 heteroatoms. The van der Waals surface area contributed by atoms with Crippen molar-refractivity contribution in [3.63, 3.8) is 0 Å². The molecule has 0 unspecified atom stereocenters. The molecule has 1 aliphatic rings. The van der Waals surface area contributed by atoms with Crippen LogP contribution in [0.25, 0.3) is 17.2 Å². The number of fused-ring (bicyclic) bond motifs is 1. The van der Waals surface area contributed by atoms with Crippen LogP contribution < -0.4 is 0 Å². The van der Waals surface area contributed by atoms with Crippen molar-refractivity contribution >= 4 is 17.9 Å². The van der Waals surface area contributed by atoms with E-state index >= 15 is 0 Å². The first kappa shape index (κ1) is 29.8. The van der Waals surface area contributed by atoms with E-state index in [9.17, 15) is 9.59 Å². The summed E-state index contributed by atoms with van der Waals surface area (Å²) in [6.45, 7) is 5.00. The summed E-state index contributed by atoms with van der Waals surface area (Å²) in [5.74, 6) is 0.851. The molecule has 0 N–H and O–H groups in total. The summed E-state index contributed by atoms with van der Waals surface area (Å²) in [7, 11) is 0.